The minimum absolute atomic E-state index is 0.0375. The van der Waals surface area contributed by atoms with Crippen molar-refractivity contribution in [2.75, 3.05) is 13.1 Å². The molecule has 138 valence electrons. The molecule has 2 heterocycles. The maximum Gasteiger partial charge on any atom is 0.223 e. The van der Waals surface area contributed by atoms with Crippen molar-refractivity contribution in [3.63, 3.8) is 0 Å². The number of amides is 1. The number of hydrogen-bond acceptors (Lipinski definition) is 4. The van der Waals surface area contributed by atoms with Gasteiger partial charge < -0.3 is 4.90 Å². The van der Waals surface area contributed by atoms with E-state index < -0.39 is 0 Å². The summed E-state index contributed by atoms with van der Waals surface area (Å²) >= 11 is 7.69. The van der Waals surface area contributed by atoms with Crippen LogP contribution in [-0.2, 0) is 4.79 Å². The zero-order chi connectivity index (χ0) is 18.7. The van der Waals surface area contributed by atoms with Crippen LogP contribution < -0.4 is 0 Å². The third-order valence-electron chi connectivity index (χ3n) is 4.95. The lowest BCUT2D eigenvalue weighted by atomic mass is 9.97. The molecule has 1 amide bonds. The minimum atomic E-state index is -0.0375. The summed E-state index contributed by atoms with van der Waals surface area (Å²) in [4.78, 5) is 32.5. The summed E-state index contributed by atoms with van der Waals surface area (Å²) < 4.78 is 0. The molecule has 0 unspecified atom stereocenters. The molecule has 1 aliphatic rings. The summed E-state index contributed by atoms with van der Waals surface area (Å²) in [6, 6.07) is 6.88. The third-order valence-corrected chi connectivity index (χ3v) is 6.42. The highest BCUT2D eigenvalue weighted by molar-refractivity contribution is 7.11. The van der Waals surface area contributed by atoms with Gasteiger partial charge in [0.1, 0.15) is 0 Å². The van der Waals surface area contributed by atoms with Crippen molar-refractivity contribution in [1.82, 2.24) is 9.88 Å². The summed E-state index contributed by atoms with van der Waals surface area (Å²) in [5.41, 5.74) is 1.68. The number of hydrogen-bond donors (Lipinski definition) is 0. The Morgan fingerprint density at radius 1 is 1.23 bits per heavy atom. The molecule has 2 aromatic rings. The Kier molecular flexibility index (Phi) is 6.09. The van der Waals surface area contributed by atoms with E-state index in [1.54, 1.807) is 35.6 Å². The lowest BCUT2D eigenvalue weighted by molar-refractivity contribution is -0.132. The molecule has 0 atom stereocenters. The van der Waals surface area contributed by atoms with E-state index in [0.717, 1.165) is 31.6 Å². The monoisotopic (exact) mass is 390 g/mol. The van der Waals surface area contributed by atoms with E-state index in [4.69, 9.17) is 11.6 Å². The molecule has 4 nitrogen and oxygen atoms in total. The molecule has 3 rings (SSSR count). The van der Waals surface area contributed by atoms with Crippen molar-refractivity contribution < 1.29 is 9.59 Å². The number of halogens is 1. The molecule has 0 saturated carbocycles. The molecule has 1 aromatic carbocycles. The first-order valence-electron chi connectivity index (χ1n) is 8.94. The summed E-state index contributed by atoms with van der Waals surface area (Å²) in [6.07, 6.45) is 2.37. The van der Waals surface area contributed by atoms with E-state index in [1.165, 1.54) is 9.88 Å². The van der Waals surface area contributed by atoms with Gasteiger partial charge in [-0.2, -0.15) is 0 Å². The Bertz CT molecular complexity index is 790. The molecule has 1 aromatic heterocycles. The van der Waals surface area contributed by atoms with Crippen molar-refractivity contribution in [3.05, 3.63) is 50.4 Å². The number of ketones is 1. The Hall–Kier alpha value is -1.72. The zero-order valence-electron chi connectivity index (χ0n) is 15.1. The molecule has 0 N–H and O–H groups in total. The Morgan fingerprint density at radius 3 is 2.58 bits per heavy atom. The minimum Gasteiger partial charge on any atom is -0.343 e. The molecule has 6 heteroatoms. The fraction of sp³-hybridized carbons (Fsp3) is 0.450. The second-order valence-electron chi connectivity index (χ2n) is 6.78. The Morgan fingerprint density at radius 2 is 1.96 bits per heavy atom. The van der Waals surface area contributed by atoms with Crippen molar-refractivity contribution >= 4 is 34.6 Å². The van der Waals surface area contributed by atoms with Gasteiger partial charge >= 0.3 is 0 Å². The molecule has 1 aliphatic heterocycles. The number of carbonyl (C=O) groups excluding carboxylic acids is 2. The van der Waals surface area contributed by atoms with Crippen molar-refractivity contribution in [2.45, 2.75) is 45.4 Å². The van der Waals surface area contributed by atoms with E-state index in [2.05, 4.69) is 11.9 Å². The predicted molar refractivity (Wildman–Crippen MR) is 105 cm³/mol. The van der Waals surface area contributed by atoms with Crippen molar-refractivity contribution in [1.29, 1.82) is 0 Å². The molecular formula is C20H23ClN2O2S. The molecule has 1 fully saturated rings. The van der Waals surface area contributed by atoms with Gasteiger partial charge in [0.2, 0.25) is 5.91 Å². The van der Waals surface area contributed by atoms with Gasteiger partial charge in [0.15, 0.2) is 5.78 Å². The van der Waals surface area contributed by atoms with Crippen LogP contribution in [0.4, 0.5) is 0 Å². The average Bonchev–Trinajstić information content (AvgIpc) is 2.98. The molecular weight excluding hydrogens is 368 g/mol. The van der Waals surface area contributed by atoms with Gasteiger partial charge in [-0.3, -0.25) is 9.59 Å². The first kappa shape index (κ1) is 19.1. The number of aromatic nitrogens is 1. The number of carbonyl (C=O) groups is 2. The third kappa shape index (κ3) is 4.51. The number of Topliss-reactive ketones (excluding diaryl/α,β-unsaturated/α-hetero) is 1. The zero-order valence-corrected chi connectivity index (χ0v) is 16.7. The van der Waals surface area contributed by atoms with E-state index in [9.17, 15) is 9.59 Å². The Balaban J connectivity index is 1.48. The summed E-state index contributed by atoms with van der Waals surface area (Å²) in [5.74, 6) is 0.472. The number of nitrogens with zero attached hydrogens (tertiary/aromatic N) is 2. The van der Waals surface area contributed by atoms with Crippen LogP contribution in [0.5, 0.6) is 0 Å². The lowest BCUT2D eigenvalue weighted by Crippen LogP contribution is -2.38. The van der Waals surface area contributed by atoms with E-state index in [-0.39, 0.29) is 24.5 Å². The number of benzene rings is 1. The van der Waals surface area contributed by atoms with Crippen LogP contribution in [-0.4, -0.2) is 34.7 Å². The van der Waals surface area contributed by atoms with Crippen LogP contribution in [0.3, 0.4) is 0 Å². The maximum atomic E-state index is 12.4. The number of likely N-dealkylation sites (tertiary alicyclic amines) is 1. The van der Waals surface area contributed by atoms with Gasteiger partial charge in [-0.25, -0.2) is 4.98 Å². The second-order valence-corrected chi connectivity index (χ2v) is 8.45. The van der Waals surface area contributed by atoms with Gasteiger partial charge in [-0.1, -0.05) is 23.7 Å². The summed E-state index contributed by atoms with van der Waals surface area (Å²) in [5, 5.41) is 1.74. The van der Waals surface area contributed by atoms with Crippen molar-refractivity contribution in [2.24, 2.45) is 0 Å². The molecule has 1 saturated heterocycles. The fourth-order valence-corrected chi connectivity index (χ4v) is 4.52. The smallest absolute Gasteiger partial charge is 0.223 e. The first-order valence-corrected chi connectivity index (χ1v) is 10.1. The quantitative estimate of drug-likeness (QED) is 0.690. The highest BCUT2D eigenvalue weighted by Gasteiger charge is 2.26. The molecule has 0 radical (unpaired) electrons. The summed E-state index contributed by atoms with van der Waals surface area (Å²) in [6.45, 7) is 5.63. The standard InChI is InChI=1S/C20H23ClN2O2S/c1-13-14(2)26-20(22-13)15-8-10-23(11-9-15)19(25)7-6-18(24)16-4-3-5-17(21)12-16/h3-5,12,15H,6-11H2,1-2H3. The highest BCUT2D eigenvalue weighted by Crippen LogP contribution is 2.32. The van der Waals surface area contributed by atoms with Crippen molar-refractivity contribution in [3.8, 4) is 0 Å². The van der Waals surface area contributed by atoms with E-state index >= 15 is 0 Å². The Labute approximate surface area is 163 Å². The van der Waals surface area contributed by atoms with Crippen LogP contribution in [0, 0.1) is 13.8 Å². The lowest BCUT2D eigenvalue weighted by Gasteiger charge is -2.31. The second kappa shape index (κ2) is 8.31. The molecule has 0 spiro atoms. The molecule has 0 bridgehead atoms. The van der Waals surface area contributed by atoms with Crippen LogP contribution in [0.25, 0.3) is 0 Å². The van der Waals surface area contributed by atoms with Gasteiger partial charge in [-0.05, 0) is 38.8 Å². The topological polar surface area (TPSA) is 50.3 Å². The van der Waals surface area contributed by atoms with Crippen LogP contribution >= 0.6 is 22.9 Å². The summed E-state index contributed by atoms with van der Waals surface area (Å²) in [7, 11) is 0. The van der Waals surface area contributed by atoms with Gasteiger partial charge in [0.25, 0.3) is 0 Å². The number of rotatable bonds is 5. The first-order chi connectivity index (χ1) is 12.4. The van der Waals surface area contributed by atoms with Crippen LogP contribution in [0.1, 0.15) is 57.5 Å². The van der Waals surface area contributed by atoms with E-state index in [0.29, 0.717) is 16.5 Å². The number of piperidine rings is 1. The maximum absolute atomic E-state index is 12.4. The number of thiazole rings is 1. The number of aryl methyl sites for hydroxylation is 2. The van der Waals surface area contributed by atoms with E-state index in [1.807, 2.05) is 11.8 Å². The van der Waals surface area contributed by atoms with Crippen LogP contribution in [0.15, 0.2) is 24.3 Å². The fourth-order valence-electron chi connectivity index (χ4n) is 3.23. The normalized spacial score (nSPS) is 15.3. The molecule has 0 aliphatic carbocycles. The average molecular weight is 391 g/mol. The largest absolute Gasteiger partial charge is 0.343 e. The highest BCUT2D eigenvalue weighted by atomic mass is 35.5. The molecule has 26 heavy (non-hydrogen) atoms. The van der Waals surface area contributed by atoms with Gasteiger partial charge in [0.05, 0.1) is 10.7 Å². The van der Waals surface area contributed by atoms with Gasteiger partial charge in [0, 0.05) is 47.3 Å². The van der Waals surface area contributed by atoms with Crippen LogP contribution in [0.2, 0.25) is 5.02 Å². The van der Waals surface area contributed by atoms with Gasteiger partial charge in [-0.15, -0.1) is 11.3 Å². The predicted octanol–water partition coefficient (Wildman–Crippen LogP) is 4.78. The SMILES string of the molecule is Cc1nc(C2CCN(C(=O)CCC(=O)c3cccc(Cl)c3)CC2)sc1C.